The van der Waals surface area contributed by atoms with Crippen molar-refractivity contribution in [2.24, 2.45) is 5.73 Å². The van der Waals surface area contributed by atoms with Gasteiger partial charge in [0.15, 0.2) is 5.75 Å². The number of nitrogens with two attached hydrogens (primary N) is 1. The zero-order valence-corrected chi connectivity index (χ0v) is 10.8. The van der Waals surface area contributed by atoms with E-state index in [2.05, 4.69) is 0 Å². The molecular formula is C10H11N3O9. The van der Waals surface area contributed by atoms with E-state index in [1.165, 1.54) is 0 Å². The number of aromatic hydroxyl groups is 1. The first-order chi connectivity index (χ1) is 10.1. The number of nitrogens with zero attached hydrogens (tertiary/aromatic N) is 2. The number of nitro groups is 2. The van der Waals surface area contributed by atoms with E-state index < -0.39 is 51.4 Å². The summed E-state index contributed by atoms with van der Waals surface area (Å²) in [6.45, 7) is 0. The summed E-state index contributed by atoms with van der Waals surface area (Å²) in [7, 11) is 0. The fourth-order valence-electron chi connectivity index (χ4n) is 1.05. The Morgan fingerprint density at radius 2 is 1.73 bits per heavy atom. The van der Waals surface area contributed by atoms with Crippen LogP contribution in [0, 0.1) is 20.2 Å². The molecule has 0 amide bonds. The van der Waals surface area contributed by atoms with Crippen LogP contribution in [0.3, 0.4) is 0 Å². The summed E-state index contributed by atoms with van der Waals surface area (Å²) in [4.78, 5) is 38.4. The van der Waals surface area contributed by atoms with Crippen molar-refractivity contribution < 1.29 is 34.8 Å². The van der Waals surface area contributed by atoms with Gasteiger partial charge in [-0.05, 0) is 6.07 Å². The van der Waals surface area contributed by atoms with E-state index in [1.54, 1.807) is 0 Å². The Morgan fingerprint density at radius 1 is 1.18 bits per heavy atom. The number of hydrogen-bond acceptors (Lipinski definition) is 8. The van der Waals surface area contributed by atoms with E-state index in [0.29, 0.717) is 6.07 Å². The molecule has 22 heavy (non-hydrogen) atoms. The molecule has 0 aromatic heterocycles. The summed E-state index contributed by atoms with van der Waals surface area (Å²) in [6, 6.07) is 1.32. The van der Waals surface area contributed by atoms with E-state index >= 15 is 0 Å². The molecule has 1 atom stereocenters. The predicted octanol–water partition coefficient (Wildman–Crippen LogP) is 0.0816. The Balaban J connectivity index is 0.000000433. The van der Waals surface area contributed by atoms with Gasteiger partial charge in [0.05, 0.1) is 22.3 Å². The maximum absolute atomic E-state index is 10.2. The lowest BCUT2D eigenvalue weighted by Gasteiger charge is -1.99. The predicted molar refractivity (Wildman–Crippen MR) is 69.3 cm³/mol. The average molecular weight is 317 g/mol. The molecule has 0 aliphatic carbocycles. The van der Waals surface area contributed by atoms with Crippen LogP contribution in [0.15, 0.2) is 18.2 Å². The second-order valence-corrected chi connectivity index (χ2v) is 3.73. The van der Waals surface area contributed by atoms with Gasteiger partial charge in [-0.15, -0.1) is 0 Å². The third kappa shape index (κ3) is 6.25. The van der Waals surface area contributed by atoms with Gasteiger partial charge in [-0.3, -0.25) is 29.8 Å². The van der Waals surface area contributed by atoms with Crippen LogP contribution in [0.1, 0.15) is 6.42 Å². The van der Waals surface area contributed by atoms with Gasteiger partial charge in [0.2, 0.25) is 0 Å². The van der Waals surface area contributed by atoms with Gasteiger partial charge in [-0.25, -0.2) is 0 Å². The quantitative estimate of drug-likeness (QED) is 0.424. The zero-order valence-electron chi connectivity index (χ0n) is 10.8. The Bertz CT molecular complexity index is 601. The van der Waals surface area contributed by atoms with Gasteiger partial charge < -0.3 is 21.1 Å². The molecule has 0 spiro atoms. The van der Waals surface area contributed by atoms with Gasteiger partial charge in [0, 0.05) is 6.07 Å². The number of hydrogen-bond donors (Lipinski definition) is 4. The standard InChI is InChI=1S/C6H4N2O5.C4H7NO4/c9-6-2-1-4(7(10)11)3-5(6)8(12)13;5-2(4(8)9)1-3(6)7/h1-3,9H;2H,1,5H2,(H,6,7)(H,8,9)/t;2-/m.0/s1. The minimum Gasteiger partial charge on any atom is -0.502 e. The zero-order chi connectivity index (χ0) is 17.4. The molecule has 5 N–H and O–H groups in total. The molecule has 12 nitrogen and oxygen atoms in total. The van der Waals surface area contributed by atoms with Gasteiger partial charge in [-0.1, -0.05) is 0 Å². The Kier molecular flexibility index (Phi) is 6.90. The number of non-ortho nitro benzene ring substituents is 1. The Labute approximate surface area is 121 Å². The highest BCUT2D eigenvalue weighted by atomic mass is 16.6. The molecule has 0 heterocycles. The Morgan fingerprint density at radius 3 is 2.05 bits per heavy atom. The summed E-state index contributed by atoms with van der Waals surface area (Å²) in [6.07, 6.45) is -0.532. The molecule has 1 aromatic carbocycles. The lowest BCUT2D eigenvalue weighted by atomic mass is 10.2. The molecule has 12 heteroatoms. The SMILES string of the molecule is N[C@@H](CC(=O)O)C(=O)O.O=[N+]([O-])c1ccc(O)c([N+](=O)[O-])c1. The summed E-state index contributed by atoms with van der Waals surface area (Å²) in [5, 5.41) is 45.4. The molecule has 0 saturated carbocycles. The minimum atomic E-state index is -1.29. The van der Waals surface area contributed by atoms with Crippen molar-refractivity contribution in [1.82, 2.24) is 0 Å². The second kappa shape index (κ2) is 8.11. The van der Waals surface area contributed by atoms with E-state index in [4.69, 9.17) is 21.1 Å². The summed E-state index contributed by atoms with van der Waals surface area (Å²) in [5.74, 6) is -3.09. The molecule has 0 radical (unpaired) electrons. The maximum Gasteiger partial charge on any atom is 0.321 e. The summed E-state index contributed by atoms with van der Waals surface area (Å²) in [5.41, 5.74) is 3.74. The number of benzene rings is 1. The molecule has 0 aliphatic rings. The van der Waals surface area contributed by atoms with E-state index in [0.717, 1.165) is 12.1 Å². The molecule has 0 saturated heterocycles. The highest BCUT2D eigenvalue weighted by Crippen LogP contribution is 2.29. The minimum absolute atomic E-state index is 0.426. The summed E-state index contributed by atoms with van der Waals surface area (Å²) >= 11 is 0. The van der Waals surface area contributed by atoms with Gasteiger partial charge in [-0.2, -0.15) is 0 Å². The molecule has 0 fully saturated rings. The third-order valence-corrected chi connectivity index (χ3v) is 2.08. The molecular weight excluding hydrogens is 306 g/mol. The van der Waals surface area contributed by atoms with Crippen molar-refractivity contribution in [3.63, 3.8) is 0 Å². The first-order valence-corrected chi connectivity index (χ1v) is 5.38. The number of phenolic OH excluding ortho intramolecular Hbond substituents is 1. The van der Waals surface area contributed by atoms with Crippen LogP contribution in [0.2, 0.25) is 0 Å². The second-order valence-electron chi connectivity index (χ2n) is 3.73. The van der Waals surface area contributed by atoms with Crippen molar-refractivity contribution in [3.8, 4) is 5.75 Å². The first-order valence-electron chi connectivity index (χ1n) is 5.38. The largest absolute Gasteiger partial charge is 0.502 e. The average Bonchev–Trinajstić information content (AvgIpc) is 2.38. The fraction of sp³-hybridized carbons (Fsp3) is 0.200. The molecule has 1 rings (SSSR count). The number of aliphatic carboxylic acids is 2. The van der Waals surface area contributed by atoms with E-state index in [1.807, 2.05) is 0 Å². The first kappa shape index (κ1) is 18.7. The van der Waals surface area contributed by atoms with Crippen LogP contribution in [-0.4, -0.2) is 43.1 Å². The molecule has 0 aliphatic heterocycles. The smallest absolute Gasteiger partial charge is 0.321 e. The van der Waals surface area contributed by atoms with Crippen LogP contribution in [0.25, 0.3) is 0 Å². The number of rotatable bonds is 5. The maximum atomic E-state index is 10.2. The van der Waals surface area contributed by atoms with E-state index in [9.17, 15) is 29.8 Å². The molecule has 1 aromatic rings. The highest BCUT2D eigenvalue weighted by Gasteiger charge is 2.18. The van der Waals surface area contributed by atoms with Crippen LogP contribution in [0.4, 0.5) is 11.4 Å². The van der Waals surface area contributed by atoms with Gasteiger partial charge >= 0.3 is 17.6 Å². The summed E-state index contributed by atoms with van der Waals surface area (Å²) < 4.78 is 0. The van der Waals surface area contributed by atoms with Crippen LogP contribution >= 0.6 is 0 Å². The van der Waals surface area contributed by atoms with Crippen molar-refractivity contribution in [2.45, 2.75) is 12.5 Å². The topological polar surface area (TPSA) is 207 Å². The fourth-order valence-corrected chi connectivity index (χ4v) is 1.05. The number of nitro benzene ring substituents is 2. The van der Waals surface area contributed by atoms with Crippen molar-refractivity contribution in [3.05, 3.63) is 38.4 Å². The van der Waals surface area contributed by atoms with Gasteiger partial charge in [0.25, 0.3) is 5.69 Å². The van der Waals surface area contributed by atoms with E-state index in [-0.39, 0.29) is 0 Å². The van der Waals surface area contributed by atoms with Gasteiger partial charge in [0.1, 0.15) is 6.04 Å². The number of phenols is 1. The van der Waals surface area contributed by atoms with Crippen molar-refractivity contribution in [2.75, 3.05) is 0 Å². The van der Waals surface area contributed by atoms with Crippen LogP contribution in [0.5, 0.6) is 5.75 Å². The van der Waals surface area contributed by atoms with Crippen LogP contribution in [-0.2, 0) is 9.59 Å². The van der Waals surface area contributed by atoms with Crippen LogP contribution < -0.4 is 5.73 Å². The monoisotopic (exact) mass is 317 g/mol. The Hall–Kier alpha value is -3.28. The molecule has 0 bridgehead atoms. The normalized spacial score (nSPS) is 10.8. The highest BCUT2D eigenvalue weighted by molar-refractivity contribution is 5.80. The number of carbonyl (C=O) groups is 2. The van der Waals surface area contributed by atoms with Crippen molar-refractivity contribution in [1.29, 1.82) is 0 Å². The lowest BCUT2D eigenvalue weighted by Crippen LogP contribution is -2.32. The number of carboxylic acid groups (broad SMARTS) is 2. The lowest BCUT2D eigenvalue weighted by molar-refractivity contribution is -0.394. The molecule has 120 valence electrons. The van der Waals surface area contributed by atoms with Crippen molar-refractivity contribution >= 4 is 23.3 Å². The molecule has 0 unspecified atom stereocenters. The third-order valence-electron chi connectivity index (χ3n) is 2.08. The number of carboxylic acids is 2.